The van der Waals surface area contributed by atoms with Crippen molar-refractivity contribution in [1.82, 2.24) is 0 Å². The third-order valence-electron chi connectivity index (χ3n) is 4.34. The molecule has 0 radical (unpaired) electrons. The standard InChI is InChI=1S/C21H33F3O3/c1-4-7-8-9-10-11-12-13-20(27-21(25-5-2)26-6-3)16-14-18(23)19(24)15-17(16)22/h14-15,20-21H,4-13H2,1-3H3. The fourth-order valence-electron chi connectivity index (χ4n) is 2.90. The van der Waals surface area contributed by atoms with E-state index in [1.165, 1.54) is 25.7 Å². The monoisotopic (exact) mass is 390 g/mol. The average molecular weight is 390 g/mol. The van der Waals surface area contributed by atoms with Gasteiger partial charge >= 0.3 is 0 Å². The normalized spacial score (nSPS) is 12.7. The van der Waals surface area contributed by atoms with Crippen molar-refractivity contribution in [2.45, 2.75) is 84.7 Å². The van der Waals surface area contributed by atoms with E-state index < -0.39 is 30.0 Å². The summed E-state index contributed by atoms with van der Waals surface area (Å²) in [6, 6.07) is 1.42. The maximum absolute atomic E-state index is 14.2. The Morgan fingerprint density at radius 1 is 0.741 bits per heavy atom. The number of ether oxygens (including phenoxy) is 3. The Hall–Kier alpha value is -1.11. The van der Waals surface area contributed by atoms with E-state index in [0.717, 1.165) is 25.3 Å². The second-order valence-electron chi connectivity index (χ2n) is 6.52. The molecule has 0 saturated carbocycles. The molecule has 0 amide bonds. The largest absolute Gasteiger partial charge is 0.330 e. The maximum Gasteiger partial charge on any atom is 0.272 e. The van der Waals surface area contributed by atoms with Crippen molar-refractivity contribution in [2.24, 2.45) is 0 Å². The van der Waals surface area contributed by atoms with E-state index in [0.29, 0.717) is 25.7 Å². The molecule has 0 bridgehead atoms. The summed E-state index contributed by atoms with van der Waals surface area (Å²) in [7, 11) is 0. The minimum absolute atomic E-state index is 0.00992. The van der Waals surface area contributed by atoms with Gasteiger partial charge in [-0.3, -0.25) is 0 Å². The Bertz CT molecular complexity index is 520. The van der Waals surface area contributed by atoms with E-state index in [4.69, 9.17) is 14.2 Å². The Balaban J connectivity index is 2.75. The molecule has 0 aliphatic carbocycles. The molecule has 0 saturated heterocycles. The lowest BCUT2D eigenvalue weighted by Gasteiger charge is -2.25. The van der Waals surface area contributed by atoms with Gasteiger partial charge in [0.2, 0.25) is 0 Å². The summed E-state index contributed by atoms with van der Waals surface area (Å²) in [6.07, 6.45) is 7.38. The van der Waals surface area contributed by atoms with Crippen molar-refractivity contribution in [1.29, 1.82) is 0 Å². The molecule has 1 aromatic rings. The summed E-state index contributed by atoms with van der Waals surface area (Å²) >= 11 is 0. The van der Waals surface area contributed by atoms with Crippen LogP contribution in [0, 0.1) is 17.5 Å². The zero-order chi connectivity index (χ0) is 20.1. The minimum Gasteiger partial charge on any atom is -0.330 e. The van der Waals surface area contributed by atoms with Gasteiger partial charge in [0.1, 0.15) is 5.82 Å². The van der Waals surface area contributed by atoms with Gasteiger partial charge in [-0.25, -0.2) is 13.2 Å². The second kappa shape index (κ2) is 14.0. The molecule has 0 aromatic heterocycles. The number of halogens is 3. The van der Waals surface area contributed by atoms with E-state index in [2.05, 4.69) is 6.92 Å². The van der Waals surface area contributed by atoms with Gasteiger partial charge in [0.15, 0.2) is 11.6 Å². The zero-order valence-corrected chi connectivity index (χ0v) is 16.7. The van der Waals surface area contributed by atoms with Crippen molar-refractivity contribution in [3.63, 3.8) is 0 Å². The first-order valence-corrected chi connectivity index (χ1v) is 10.1. The lowest BCUT2D eigenvalue weighted by Crippen LogP contribution is -2.24. The highest BCUT2D eigenvalue weighted by atomic mass is 19.2. The topological polar surface area (TPSA) is 27.7 Å². The predicted molar refractivity (Wildman–Crippen MR) is 99.8 cm³/mol. The zero-order valence-electron chi connectivity index (χ0n) is 16.7. The molecule has 0 spiro atoms. The summed E-state index contributed by atoms with van der Waals surface area (Å²) in [4.78, 5) is 0. The molecule has 3 nitrogen and oxygen atoms in total. The van der Waals surface area contributed by atoms with Gasteiger partial charge in [0.05, 0.1) is 6.10 Å². The molecular formula is C21H33F3O3. The van der Waals surface area contributed by atoms with E-state index in [1.54, 1.807) is 13.8 Å². The molecule has 1 rings (SSSR count). The van der Waals surface area contributed by atoms with Gasteiger partial charge in [0, 0.05) is 24.8 Å². The highest BCUT2D eigenvalue weighted by Gasteiger charge is 2.23. The summed E-state index contributed by atoms with van der Waals surface area (Å²) in [6.45, 7) is 5.50. The summed E-state index contributed by atoms with van der Waals surface area (Å²) in [5, 5.41) is 0. The average Bonchev–Trinajstić information content (AvgIpc) is 2.63. The second-order valence-corrected chi connectivity index (χ2v) is 6.52. The number of hydrogen-bond acceptors (Lipinski definition) is 3. The van der Waals surface area contributed by atoms with Crippen LogP contribution in [-0.4, -0.2) is 19.7 Å². The van der Waals surface area contributed by atoms with E-state index in [9.17, 15) is 13.2 Å². The van der Waals surface area contributed by atoms with Crippen LogP contribution in [0.15, 0.2) is 12.1 Å². The molecule has 0 heterocycles. The van der Waals surface area contributed by atoms with Crippen molar-refractivity contribution < 1.29 is 27.4 Å². The first-order valence-electron chi connectivity index (χ1n) is 10.1. The van der Waals surface area contributed by atoms with Crippen LogP contribution >= 0.6 is 0 Å². The third-order valence-corrected chi connectivity index (χ3v) is 4.34. The van der Waals surface area contributed by atoms with Gasteiger partial charge in [-0.2, -0.15) is 0 Å². The molecule has 0 fully saturated rings. The van der Waals surface area contributed by atoms with Crippen LogP contribution in [-0.2, 0) is 14.2 Å². The summed E-state index contributed by atoms with van der Waals surface area (Å²) in [5.41, 5.74) is -0.00992. The fourth-order valence-corrected chi connectivity index (χ4v) is 2.90. The molecule has 0 aliphatic heterocycles. The van der Waals surface area contributed by atoms with Crippen LogP contribution in [0.4, 0.5) is 13.2 Å². The number of unbranched alkanes of at least 4 members (excludes halogenated alkanes) is 6. The van der Waals surface area contributed by atoms with Crippen molar-refractivity contribution in [3.8, 4) is 0 Å². The van der Waals surface area contributed by atoms with Crippen LogP contribution in [0.5, 0.6) is 0 Å². The molecule has 1 aromatic carbocycles. The lowest BCUT2D eigenvalue weighted by molar-refractivity contribution is -0.304. The van der Waals surface area contributed by atoms with E-state index in [-0.39, 0.29) is 5.56 Å². The van der Waals surface area contributed by atoms with Crippen LogP contribution in [0.25, 0.3) is 0 Å². The van der Waals surface area contributed by atoms with Gasteiger partial charge in [-0.05, 0) is 26.3 Å². The van der Waals surface area contributed by atoms with Gasteiger partial charge in [0.25, 0.3) is 6.48 Å². The molecular weight excluding hydrogens is 357 g/mol. The Morgan fingerprint density at radius 2 is 1.30 bits per heavy atom. The number of rotatable bonds is 15. The Morgan fingerprint density at radius 3 is 1.89 bits per heavy atom. The summed E-state index contributed by atoms with van der Waals surface area (Å²) in [5.74, 6) is -3.13. The summed E-state index contributed by atoms with van der Waals surface area (Å²) < 4.78 is 57.7. The smallest absolute Gasteiger partial charge is 0.272 e. The molecule has 1 unspecified atom stereocenters. The van der Waals surface area contributed by atoms with E-state index >= 15 is 0 Å². The third kappa shape index (κ3) is 9.08. The van der Waals surface area contributed by atoms with Crippen molar-refractivity contribution in [3.05, 3.63) is 35.1 Å². The maximum atomic E-state index is 14.2. The van der Waals surface area contributed by atoms with Crippen LogP contribution in [0.3, 0.4) is 0 Å². The quantitative estimate of drug-likeness (QED) is 0.190. The van der Waals surface area contributed by atoms with Gasteiger partial charge in [-0.1, -0.05) is 51.9 Å². The van der Waals surface area contributed by atoms with Crippen LogP contribution < -0.4 is 0 Å². The Kier molecular flexibility index (Phi) is 12.4. The predicted octanol–water partition coefficient (Wildman–Crippen LogP) is 6.66. The fraction of sp³-hybridized carbons (Fsp3) is 0.714. The molecule has 0 aliphatic rings. The van der Waals surface area contributed by atoms with Gasteiger partial charge < -0.3 is 14.2 Å². The number of hydrogen-bond donors (Lipinski definition) is 0. The SMILES string of the molecule is CCCCCCCCCC(OC(OCC)OCC)c1cc(F)c(F)cc1F. The van der Waals surface area contributed by atoms with Crippen molar-refractivity contribution in [2.75, 3.05) is 13.2 Å². The first kappa shape index (κ1) is 23.9. The van der Waals surface area contributed by atoms with Crippen LogP contribution in [0.2, 0.25) is 0 Å². The first-order chi connectivity index (χ1) is 13.0. The van der Waals surface area contributed by atoms with E-state index in [1.807, 2.05) is 0 Å². The Labute approximate surface area is 161 Å². The highest BCUT2D eigenvalue weighted by Crippen LogP contribution is 2.30. The minimum atomic E-state index is -1.21. The molecule has 0 N–H and O–H groups in total. The lowest BCUT2D eigenvalue weighted by atomic mass is 10.0. The van der Waals surface area contributed by atoms with Gasteiger partial charge in [-0.15, -0.1) is 0 Å². The molecule has 1 atom stereocenters. The van der Waals surface area contributed by atoms with Crippen molar-refractivity contribution >= 4 is 0 Å². The molecule has 27 heavy (non-hydrogen) atoms. The number of benzene rings is 1. The highest BCUT2D eigenvalue weighted by molar-refractivity contribution is 5.22. The molecule has 156 valence electrons. The molecule has 6 heteroatoms. The van der Waals surface area contributed by atoms with Crippen LogP contribution in [0.1, 0.15) is 83.8 Å².